The van der Waals surface area contributed by atoms with Crippen LogP contribution in [-0.4, -0.2) is 40.0 Å². The molecule has 0 unspecified atom stereocenters. The lowest BCUT2D eigenvalue weighted by molar-refractivity contribution is -0.0628. The summed E-state index contributed by atoms with van der Waals surface area (Å²) in [6, 6.07) is 0.495. The molecular formula is C13H21N3OS2. The van der Waals surface area contributed by atoms with E-state index in [1.807, 2.05) is 11.8 Å². The van der Waals surface area contributed by atoms with Crippen LogP contribution in [-0.2, 0) is 11.2 Å². The SMILES string of the molecule is CCCc1nnc(N[C@H]2CCO[C@]3(CCSC3)C2)s1. The summed E-state index contributed by atoms with van der Waals surface area (Å²) in [6.07, 6.45) is 5.56. The van der Waals surface area contributed by atoms with Gasteiger partial charge in [0, 0.05) is 24.8 Å². The highest BCUT2D eigenvalue weighted by Crippen LogP contribution is 2.39. The summed E-state index contributed by atoms with van der Waals surface area (Å²) in [4.78, 5) is 0. The number of aryl methyl sites for hydroxylation is 1. The van der Waals surface area contributed by atoms with Gasteiger partial charge >= 0.3 is 0 Å². The molecule has 2 atom stereocenters. The van der Waals surface area contributed by atoms with Crippen LogP contribution in [0.4, 0.5) is 5.13 Å². The molecule has 2 aliphatic heterocycles. The van der Waals surface area contributed by atoms with Crippen molar-refractivity contribution in [1.82, 2.24) is 10.2 Å². The monoisotopic (exact) mass is 299 g/mol. The molecule has 3 rings (SSSR count). The smallest absolute Gasteiger partial charge is 0.205 e. The third kappa shape index (κ3) is 3.23. The summed E-state index contributed by atoms with van der Waals surface area (Å²) in [6.45, 7) is 3.05. The second-order valence-electron chi connectivity index (χ2n) is 5.42. The van der Waals surface area contributed by atoms with Crippen LogP contribution in [0.25, 0.3) is 0 Å². The fourth-order valence-electron chi connectivity index (χ4n) is 2.82. The van der Waals surface area contributed by atoms with E-state index < -0.39 is 0 Å². The Morgan fingerprint density at radius 1 is 1.47 bits per heavy atom. The summed E-state index contributed by atoms with van der Waals surface area (Å²) in [5.41, 5.74) is 0.136. The highest BCUT2D eigenvalue weighted by atomic mass is 32.2. The second kappa shape index (κ2) is 5.97. The molecule has 3 heterocycles. The zero-order valence-corrected chi connectivity index (χ0v) is 13.0. The lowest BCUT2D eigenvalue weighted by atomic mass is 9.90. The van der Waals surface area contributed by atoms with Gasteiger partial charge in [-0.05, 0) is 31.4 Å². The predicted molar refractivity (Wildman–Crippen MR) is 81.2 cm³/mol. The van der Waals surface area contributed by atoms with Gasteiger partial charge in [-0.3, -0.25) is 0 Å². The second-order valence-corrected chi connectivity index (χ2v) is 7.59. The van der Waals surface area contributed by atoms with Crippen LogP contribution in [0.15, 0.2) is 0 Å². The van der Waals surface area contributed by atoms with E-state index in [-0.39, 0.29) is 5.60 Å². The zero-order chi connectivity index (χ0) is 13.1. The van der Waals surface area contributed by atoms with Gasteiger partial charge < -0.3 is 10.1 Å². The molecule has 106 valence electrons. The first-order chi connectivity index (χ1) is 9.30. The van der Waals surface area contributed by atoms with Gasteiger partial charge in [0.25, 0.3) is 0 Å². The molecule has 1 N–H and O–H groups in total. The summed E-state index contributed by atoms with van der Waals surface area (Å²) >= 11 is 3.72. The Morgan fingerprint density at radius 3 is 3.21 bits per heavy atom. The van der Waals surface area contributed by atoms with Gasteiger partial charge in [-0.25, -0.2) is 0 Å². The topological polar surface area (TPSA) is 47.0 Å². The minimum Gasteiger partial charge on any atom is -0.374 e. The first kappa shape index (κ1) is 13.6. The third-order valence-corrected chi connectivity index (χ3v) is 5.96. The highest BCUT2D eigenvalue weighted by molar-refractivity contribution is 7.99. The van der Waals surface area contributed by atoms with Crippen molar-refractivity contribution >= 4 is 28.2 Å². The van der Waals surface area contributed by atoms with E-state index in [0.29, 0.717) is 6.04 Å². The van der Waals surface area contributed by atoms with Gasteiger partial charge in [-0.1, -0.05) is 18.3 Å². The molecule has 0 amide bonds. The summed E-state index contributed by atoms with van der Waals surface area (Å²) in [5, 5.41) is 14.2. The van der Waals surface area contributed by atoms with Gasteiger partial charge in [0.15, 0.2) is 0 Å². The number of thioether (sulfide) groups is 1. The highest BCUT2D eigenvalue weighted by Gasteiger charge is 2.40. The molecule has 1 aromatic rings. The summed E-state index contributed by atoms with van der Waals surface area (Å²) in [7, 11) is 0. The van der Waals surface area contributed by atoms with Crippen molar-refractivity contribution in [3.8, 4) is 0 Å². The van der Waals surface area contributed by atoms with Crippen LogP contribution in [0.3, 0.4) is 0 Å². The zero-order valence-electron chi connectivity index (χ0n) is 11.4. The minimum atomic E-state index is 0.136. The molecule has 2 saturated heterocycles. The maximum Gasteiger partial charge on any atom is 0.205 e. The Balaban J connectivity index is 1.59. The molecule has 2 fully saturated rings. The van der Waals surface area contributed by atoms with E-state index in [9.17, 15) is 0 Å². The number of nitrogens with zero attached hydrogens (tertiary/aromatic N) is 2. The number of nitrogens with one attached hydrogen (secondary N) is 1. The fraction of sp³-hybridized carbons (Fsp3) is 0.846. The van der Waals surface area contributed by atoms with Gasteiger partial charge in [0.05, 0.1) is 5.60 Å². The van der Waals surface area contributed by atoms with Crippen LogP contribution in [0.2, 0.25) is 0 Å². The Hall–Kier alpha value is -0.330. The van der Waals surface area contributed by atoms with Crippen molar-refractivity contribution < 1.29 is 4.74 Å². The first-order valence-corrected chi connectivity index (χ1v) is 9.07. The number of ether oxygens (including phenoxy) is 1. The molecule has 6 heteroatoms. The molecule has 0 saturated carbocycles. The molecule has 0 aliphatic carbocycles. The van der Waals surface area contributed by atoms with Crippen LogP contribution >= 0.6 is 23.1 Å². The van der Waals surface area contributed by atoms with Crippen molar-refractivity contribution in [2.45, 2.75) is 50.7 Å². The summed E-state index contributed by atoms with van der Waals surface area (Å²) < 4.78 is 6.04. The third-order valence-electron chi connectivity index (χ3n) is 3.82. The minimum absolute atomic E-state index is 0.136. The fourth-order valence-corrected chi connectivity index (χ4v) is 5.11. The van der Waals surface area contributed by atoms with Crippen molar-refractivity contribution in [3.05, 3.63) is 5.01 Å². The lowest BCUT2D eigenvalue weighted by Gasteiger charge is -2.37. The molecule has 1 aromatic heterocycles. The Morgan fingerprint density at radius 2 is 2.42 bits per heavy atom. The van der Waals surface area contributed by atoms with E-state index >= 15 is 0 Å². The van der Waals surface area contributed by atoms with Gasteiger partial charge in [0.2, 0.25) is 5.13 Å². The van der Waals surface area contributed by atoms with E-state index in [4.69, 9.17) is 4.74 Å². The van der Waals surface area contributed by atoms with E-state index in [1.165, 1.54) is 12.2 Å². The van der Waals surface area contributed by atoms with Crippen LogP contribution in [0.5, 0.6) is 0 Å². The van der Waals surface area contributed by atoms with Gasteiger partial charge in [0.1, 0.15) is 5.01 Å². The maximum atomic E-state index is 6.04. The van der Waals surface area contributed by atoms with Crippen molar-refractivity contribution in [3.63, 3.8) is 0 Å². The molecule has 2 aliphatic rings. The Bertz CT molecular complexity index is 418. The van der Waals surface area contributed by atoms with Crippen LogP contribution in [0, 0.1) is 0 Å². The standard InChI is InChI=1S/C13H21N3OS2/c1-2-3-11-15-16-12(19-11)14-10-4-6-17-13(8-10)5-7-18-9-13/h10H,2-9H2,1H3,(H,14,16)/t10-,13+/m0/s1. The van der Waals surface area contributed by atoms with E-state index in [0.717, 1.165) is 48.2 Å². The molecule has 0 radical (unpaired) electrons. The molecular weight excluding hydrogens is 278 g/mol. The van der Waals surface area contributed by atoms with Gasteiger partial charge in [-0.15, -0.1) is 10.2 Å². The number of rotatable bonds is 4. The average molecular weight is 299 g/mol. The average Bonchev–Trinajstić information content (AvgIpc) is 3.01. The number of hydrogen-bond acceptors (Lipinski definition) is 6. The quantitative estimate of drug-likeness (QED) is 0.926. The van der Waals surface area contributed by atoms with E-state index in [1.54, 1.807) is 11.3 Å². The molecule has 0 bridgehead atoms. The molecule has 19 heavy (non-hydrogen) atoms. The number of anilines is 1. The Labute approximate surface area is 122 Å². The molecule has 4 nitrogen and oxygen atoms in total. The Kier molecular flexibility index (Phi) is 4.29. The first-order valence-electron chi connectivity index (χ1n) is 7.10. The lowest BCUT2D eigenvalue weighted by Crippen LogP contribution is -2.44. The normalized spacial score (nSPS) is 30.9. The number of hydrogen-bond donors (Lipinski definition) is 1. The van der Waals surface area contributed by atoms with Gasteiger partial charge in [-0.2, -0.15) is 11.8 Å². The van der Waals surface area contributed by atoms with Crippen molar-refractivity contribution in [2.75, 3.05) is 23.4 Å². The number of aromatic nitrogens is 2. The van der Waals surface area contributed by atoms with Crippen LogP contribution < -0.4 is 5.32 Å². The predicted octanol–water partition coefficient (Wildman–Crippen LogP) is 2.96. The molecule has 1 spiro atoms. The largest absolute Gasteiger partial charge is 0.374 e. The van der Waals surface area contributed by atoms with Crippen molar-refractivity contribution in [1.29, 1.82) is 0 Å². The molecule has 0 aromatic carbocycles. The van der Waals surface area contributed by atoms with Crippen LogP contribution in [0.1, 0.15) is 37.6 Å². The maximum absolute atomic E-state index is 6.04. The van der Waals surface area contributed by atoms with E-state index in [2.05, 4.69) is 22.4 Å². The van der Waals surface area contributed by atoms with Crippen molar-refractivity contribution in [2.24, 2.45) is 0 Å². The summed E-state index contributed by atoms with van der Waals surface area (Å²) in [5.74, 6) is 2.40.